The molecule has 1 saturated heterocycles. The number of quaternary nitrogens is 1. The maximum absolute atomic E-state index is 10.5. The molecule has 0 radical (unpaired) electrons. The first-order valence-corrected chi connectivity index (χ1v) is 2.66. The zero-order chi connectivity index (χ0) is 6.15. The normalized spacial score (nSPS) is 30.8. The van der Waals surface area contributed by atoms with Crippen molar-refractivity contribution in [3.8, 4) is 0 Å². The Bertz CT molecular complexity index is 101. The van der Waals surface area contributed by atoms with E-state index in [9.17, 15) is 4.79 Å². The zero-order valence-electron chi connectivity index (χ0n) is 5.12. The molecule has 1 rings (SSSR count). The Balaban J connectivity index is 2.51. The molecule has 0 bridgehead atoms. The summed E-state index contributed by atoms with van der Waals surface area (Å²) in [4.78, 5) is 11.7. The highest BCUT2D eigenvalue weighted by molar-refractivity contribution is 5.79. The lowest BCUT2D eigenvalue weighted by molar-refractivity contribution is -0.850. The summed E-state index contributed by atoms with van der Waals surface area (Å²) in [6.45, 7) is 2.51. The Morgan fingerprint density at radius 3 is 2.62 bits per heavy atom. The maximum Gasteiger partial charge on any atom is 0.248 e. The van der Waals surface area contributed by atoms with Crippen LogP contribution in [0.3, 0.4) is 0 Å². The number of likely N-dealkylation sites (N-methyl/N-ethyl adjacent to an activating group) is 1. The first-order valence-electron chi connectivity index (χ1n) is 2.66. The smallest absolute Gasteiger partial charge is 0.248 e. The summed E-state index contributed by atoms with van der Waals surface area (Å²) in [5.74, 6) is 0.125. The SMILES string of the molecule is C[C-]1NC(=O)C[NH+]1C. The molecule has 8 heavy (non-hydrogen) atoms. The molecule has 0 aliphatic carbocycles. The van der Waals surface area contributed by atoms with Gasteiger partial charge >= 0.3 is 0 Å². The Labute approximate surface area is 48.7 Å². The van der Waals surface area contributed by atoms with Crippen molar-refractivity contribution >= 4 is 5.91 Å². The molecular weight excluding hydrogens is 104 g/mol. The Morgan fingerprint density at radius 2 is 2.50 bits per heavy atom. The van der Waals surface area contributed by atoms with Gasteiger partial charge in [-0.05, 0) is 6.17 Å². The summed E-state index contributed by atoms with van der Waals surface area (Å²) in [6.07, 6.45) is 1.02. The molecule has 2 N–H and O–H groups in total. The molecule has 1 aliphatic heterocycles. The lowest BCUT2D eigenvalue weighted by Crippen LogP contribution is -3.08. The third-order valence-electron chi connectivity index (χ3n) is 1.39. The lowest BCUT2D eigenvalue weighted by atomic mass is 10.6. The molecule has 1 fully saturated rings. The molecule has 0 aromatic carbocycles. The first kappa shape index (κ1) is 5.56. The van der Waals surface area contributed by atoms with Crippen molar-refractivity contribution in [1.82, 2.24) is 5.32 Å². The second kappa shape index (κ2) is 1.74. The summed E-state index contributed by atoms with van der Waals surface area (Å²) in [7, 11) is 1.97. The fraction of sp³-hybridized carbons (Fsp3) is 0.600. The molecule has 0 saturated carbocycles. The van der Waals surface area contributed by atoms with Crippen LogP contribution < -0.4 is 10.2 Å². The monoisotopic (exact) mass is 114 g/mol. The molecular formula is C5H10N2O. The summed E-state index contributed by atoms with van der Waals surface area (Å²) in [5.41, 5.74) is 0. The molecule has 1 aliphatic rings. The molecule has 1 atom stereocenters. The van der Waals surface area contributed by atoms with Crippen molar-refractivity contribution in [2.24, 2.45) is 0 Å². The van der Waals surface area contributed by atoms with Gasteiger partial charge in [0.25, 0.3) is 0 Å². The van der Waals surface area contributed by atoms with E-state index in [0.29, 0.717) is 6.54 Å². The molecule has 0 aromatic heterocycles. The van der Waals surface area contributed by atoms with Gasteiger partial charge in [-0.3, -0.25) is 4.79 Å². The highest BCUT2D eigenvalue weighted by Crippen LogP contribution is 1.82. The largest absolute Gasteiger partial charge is 0.446 e. The molecule has 1 unspecified atom stereocenters. The van der Waals surface area contributed by atoms with Crippen LogP contribution in [0.1, 0.15) is 6.92 Å². The summed E-state index contributed by atoms with van der Waals surface area (Å²) in [6, 6.07) is 0. The van der Waals surface area contributed by atoms with Crippen LogP contribution in [0, 0.1) is 6.17 Å². The molecule has 0 aromatic rings. The van der Waals surface area contributed by atoms with E-state index in [-0.39, 0.29) is 5.91 Å². The van der Waals surface area contributed by atoms with Gasteiger partial charge in [-0.1, -0.05) is 0 Å². The number of carbonyl (C=O) groups is 1. The van der Waals surface area contributed by atoms with Crippen molar-refractivity contribution in [1.29, 1.82) is 0 Å². The number of rotatable bonds is 0. The van der Waals surface area contributed by atoms with Gasteiger partial charge in [0.2, 0.25) is 5.91 Å². The van der Waals surface area contributed by atoms with E-state index in [4.69, 9.17) is 0 Å². The van der Waals surface area contributed by atoms with Gasteiger partial charge in [-0.2, -0.15) is 0 Å². The molecule has 3 nitrogen and oxygen atoms in total. The van der Waals surface area contributed by atoms with Gasteiger partial charge in [-0.25, -0.2) is 0 Å². The number of amides is 1. The van der Waals surface area contributed by atoms with Crippen LogP contribution >= 0.6 is 0 Å². The third kappa shape index (κ3) is 0.816. The summed E-state index contributed by atoms with van der Waals surface area (Å²) in [5, 5.41) is 2.71. The zero-order valence-corrected chi connectivity index (χ0v) is 5.12. The van der Waals surface area contributed by atoms with Gasteiger partial charge in [-0.15, -0.1) is 6.92 Å². The minimum atomic E-state index is 0.125. The third-order valence-corrected chi connectivity index (χ3v) is 1.39. The van der Waals surface area contributed by atoms with Crippen LogP contribution in [0.2, 0.25) is 0 Å². The van der Waals surface area contributed by atoms with E-state index in [1.165, 1.54) is 0 Å². The molecule has 0 spiro atoms. The molecule has 1 amide bonds. The van der Waals surface area contributed by atoms with E-state index in [1.807, 2.05) is 14.0 Å². The average molecular weight is 114 g/mol. The van der Waals surface area contributed by atoms with Gasteiger partial charge < -0.3 is 10.2 Å². The molecule has 1 heterocycles. The fourth-order valence-corrected chi connectivity index (χ4v) is 0.733. The summed E-state index contributed by atoms with van der Waals surface area (Å²) < 4.78 is 0. The average Bonchev–Trinajstić information content (AvgIpc) is 1.85. The van der Waals surface area contributed by atoms with Crippen molar-refractivity contribution in [2.45, 2.75) is 6.92 Å². The number of nitrogens with one attached hydrogen (secondary N) is 2. The van der Waals surface area contributed by atoms with Crippen molar-refractivity contribution in [3.05, 3.63) is 6.17 Å². The Kier molecular flexibility index (Phi) is 1.21. The van der Waals surface area contributed by atoms with Crippen LogP contribution in [0.25, 0.3) is 0 Å². The van der Waals surface area contributed by atoms with Gasteiger partial charge in [0, 0.05) is 7.05 Å². The van der Waals surface area contributed by atoms with Crippen molar-refractivity contribution < 1.29 is 9.69 Å². The van der Waals surface area contributed by atoms with Gasteiger partial charge in [0.05, 0.1) is 0 Å². The topological polar surface area (TPSA) is 33.5 Å². The highest BCUT2D eigenvalue weighted by Gasteiger charge is 2.15. The predicted molar refractivity (Wildman–Crippen MR) is 28.8 cm³/mol. The lowest BCUT2D eigenvalue weighted by Gasteiger charge is -2.21. The van der Waals surface area contributed by atoms with E-state index in [2.05, 4.69) is 5.32 Å². The van der Waals surface area contributed by atoms with Crippen LogP contribution in [-0.2, 0) is 4.79 Å². The van der Waals surface area contributed by atoms with E-state index >= 15 is 0 Å². The van der Waals surface area contributed by atoms with Gasteiger partial charge in [0.15, 0.2) is 0 Å². The highest BCUT2D eigenvalue weighted by atomic mass is 16.2. The van der Waals surface area contributed by atoms with Crippen molar-refractivity contribution in [2.75, 3.05) is 13.6 Å². The molecule has 46 valence electrons. The second-order valence-electron chi connectivity index (χ2n) is 2.13. The van der Waals surface area contributed by atoms with Crippen LogP contribution in [0.5, 0.6) is 0 Å². The maximum atomic E-state index is 10.5. The molecule has 3 heteroatoms. The quantitative estimate of drug-likeness (QED) is 0.356. The van der Waals surface area contributed by atoms with Crippen LogP contribution in [0.4, 0.5) is 0 Å². The van der Waals surface area contributed by atoms with E-state index in [1.54, 1.807) is 0 Å². The van der Waals surface area contributed by atoms with Crippen LogP contribution in [0.15, 0.2) is 0 Å². The number of hydrogen-bond donors (Lipinski definition) is 2. The van der Waals surface area contributed by atoms with E-state index < -0.39 is 0 Å². The second-order valence-corrected chi connectivity index (χ2v) is 2.13. The standard InChI is InChI=1S/C5H10N2O/c1-4-6-5(8)3-7(4)2/h7H,3H2,1-2H3,(H,6,8). The van der Waals surface area contributed by atoms with Gasteiger partial charge in [0.1, 0.15) is 6.54 Å². The van der Waals surface area contributed by atoms with E-state index in [0.717, 1.165) is 11.1 Å². The fourth-order valence-electron chi connectivity index (χ4n) is 0.733. The number of hydrogen-bond acceptors (Lipinski definition) is 1. The predicted octanol–water partition coefficient (Wildman–Crippen LogP) is -1.86. The minimum absolute atomic E-state index is 0.125. The van der Waals surface area contributed by atoms with Crippen molar-refractivity contribution in [3.63, 3.8) is 0 Å². The first-order chi connectivity index (χ1) is 3.70. The Morgan fingerprint density at radius 1 is 1.88 bits per heavy atom. The minimum Gasteiger partial charge on any atom is -0.446 e. The summed E-state index contributed by atoms with van der Waals surface area (Å²) >= 11 is 0. The number of carbonyl (C=O) groups excluding carboxylic acids is 1. The van der Waals surface area contributed by atoms with Crippen LogP contribution in [-0.4, -0.2) is 19.5 Å². The Hall–Kier alpha value is -0.570.